The van der Waals surface area contributed by atoms with Gasteiger partial charge in [0, 0.05) is 16.0 Å². The van der Waals surface area contributed by atoms with E-state index in [0.717, 1.165) is 56.3 Å². The summed E-state index contributed by atoms with van der Waals surface area (Å²) >= 11 is 1.80. The van der Waals surface area contributed by atoms with E-state index in [4.69, 9.17) is 4.74 Å². The van der Waals surface area contributed by atoms with E-state index in [-0.39, 0.29) is 5.91 Å². The van der Waals surface area contributed by atoms with Gasteiger partial charge in [-0.3, -0.25) is 4.79 Å². The molecule has 1 fully saturated rings. The molecule has 132 valence electrons. The highest BCUT2D eigenvalue weighted by Crippen LogP contribution is 2.38. The van der Waals surface area contributed by atoms with E-state index in [9.17, 15) is 4.79 Å². The Kier molecular flexibility index (Phi) is 5.15. The summed E-state index contributed by atoms with van der Waals surface area (Å²) in [6.07, 6.45) is 4.85. The Morgan fingerprint density at radius 3 is 2.68 bits per heavy atom. The second-order valence-electron chi connectivity index (χ2n) is 6.88. The molecule has 0 spiro atoms. The number of quaternary nitrogens is 1. The van der Waals surface area contributed by atoms with Crippen LogP contribution in [0.15, 0.2) is 30.3 Å². The van der Waals surface area contributed by atoms with E-state index in [1.807, 2.05) is 30.3 Å². The summed E-state index contributed by atoms with van der Waals surface area (Å²) in [6, 6.07) is 9.50. The summed E-state index contributed by atoms with van der Waals surface area (Å²) in [6.45, 7) is 4.79. The first kappa shape index (κ1) is 16.8. The maximum Gasteiger partial charge on any atom is 0.256 e. The number of anilines is 1. The van der Waals surface area contributed by atoms with Crippen molar-refractivity contribution in [3.63, 3.8) is 0 Å². The number of benzene rings is 1. The Hall–Kier alpha value is -1.69. The van der Waals surface area contributed by atoms with Crippen molar-refractivity contribution in [2.75, 3.05) is 31.6 Å². The average molecular weight is 357 g/mol. The summed E-state index contributed by atoms with van der Waals surface area (Å²) in [5.41, 5.74) is 3.61. The van der Waals surface area contributed by atoms with Crippen LogP contribution in [0.5, 0.6) is 0 Å². The lowest BCUT2D eigenvalue weighted by Gasteiger charge is -2.25. The first-order valence-electron chi connectivity index (χ1n) is 9.22. The first-order valence-corrected chi connectivity index (χ1v) is 10.0. The fourth-order valence-corrected chi connectivity index (χ4v) is 5.07. The zero-order chi connectivity index (χ0) is 17.1. The monoisotopic (exact) mass is 357 g/mol. The van der Waals surface area contributed by atoms with Gasteiger partial charge in [-0.2, -0.15) is 0 Å². The molecule has 2 aromatic rings. The molecule has 4 nitrogen and oxygen atoms in total. The van der Waals surface area contributed by atoms with Gasteiger partial charge in [0.05, 0.1) is 13.2 Å². The van der Waals surface area contributed by atoms with Crippen LogP contribution < -0.4 is 10.2 Å². The van der Waals surface area contributed by atoms with Gasteiger partial charge < -0.3 is 15.0 Å². The highest BCUT2D eigenvalue weighted by atomic mass is 32.1. The quantitative estimate of drug-likeness (QED) is 0.882. The lowest BCUT2D eigenvalue weighted by atomic mass is 9.95. The maximum absolute atomic E-state index is 12.6. The highest BCUT2D eigenvalue weighted by Gasteiger charge is 2.26. The van der Waals surface area contributed by atoms with Gasteiger partial charge in [-0.15, -0.1) is 11.3 Å². The molecule has 2 aliphatic rings. The Labute approximate surface area is 152 Å². The van der Waals surface area contributed by atoms with Crippen molar-refractivity contribution in [2.45, 2.75) is 32.2 Å². The number of fused-ring (bicyclic) bond motifs is 1. The molecule has 1 saturated heterocycles. The summed E-state index contributed by atoms with van der Waals surface area (Å²) in [4.78, 5) is 15.7. The standard InChI is InChI=1S/C20H24N2O2S/c23-19(15-6-2-1-3-7-15)21-20-17(14-22-10-12-24-13-11-22)16-8-4-5-9-18(16)25-20/h1-3,6-7H,4-5,8-14H2,(H,21,23)/p+1. The van der Waals surface area contributed by atoms with Gasteiger partial charge in [-0.25, -0.2) is 0 Å². The van der Waals surface area contributed by atoms with E-state index < -0.39 is 0 Å². The van der Waals surface area contributed by atoms with E-state index in [1.165, 1.54) is 28.8 Å². The lowest BCUT2D eigenvalue weighted by molar-refractivity contribution is -0.921. The topological polar surface area (TPSA) is 42.8 Å². The van der Waals surface area contributed by atoms with E-state index in [2.05, 4.69) is 5.32 Å². The predicted molar refractivity (Wildman–Crippen MR) is 101 cm³/mol. The molecule has 0 saturated carbocycles. The fraction of sp³-hybridized carbons (Fsp3) is 0.450. The van der Waals surface area contributed by atoms with Crippen LogP contribution >= 0.6 is 11.3 Å². The number of aryl methyl sites for hydroxylation is 1. The average Bonchev–Trinajstić information content (AvgIpc) is 3.00. The molecule has 0 unspecified atom stereocenters. The van der Waals surface area contributed by atoms with Crippen LogP contribution in [0.3, 0.4) is 0 Å². The van der Waals surface area contributed by atoms with Gasteiger partial charge in [-0.1, -0.05) is 18.2 Å². The van der Waals surface area contributed by atoms with Crippen LogP contribution in [0.4, 0.5) is 5.00 Å². The Morgan fingerprint density at radius 2 is 1.88 bits per heavy atom. The van der Waals surface area contributed by atoms with Crippen molar-refractivity contribution in [3.05, 3.63) is 51.9 Å². The smallest absolute Gasteiger partial charge is 0.256 e. The molecule has 1 aliphatic carbocycles. The van der Waals surface area contributed by atoms with Crippen molar-refractivity contribution < 1.29 is 14.4 Å². The summed E-state index contributed by atoms with van der Waals surface area (Å²) in [7, 11) is 0. The van der Waals surface area contributed by atoms with Gasteiger partial charge in [0.25, 0.3) is 5.91 Å². The van der Waals surface area contributed by atoms with E-state index in [1.54, 1.807) is 16.2 Å². The number of carbonyl (C=O) groups is 1. The molecular formula is C20H25N2O2S+. The van der Waals surface area contributed by atoms with Gasteiger partial charge in [0.1, 0.15) is 24.6 Å². The maximum atomic E-state index is 12.6. The SMILES string of the molecule is O=C(Nc1sc2c(c1C[NH+]1CCOCC1)CCCC2)c1ccccc1. The second-order valence-corrected chi connectivity index (χ2v) is 7.98. The number of hydrogen-bond donors (Lipinski definition) is 2. The second kappa shape index (κ2) is 7.68. The molecule has 2 N–H and O–H groups in total. The van der Waals surface area contributed by atoms with Crippen LogP contribution in [-0.4, -0.2) is 32.2 Å². The Bertz CT molecular complexity index is 736. The third-order valence-electron chi connectivity index (χ3n) is 5.17. The molecule has 0 radical (unpaired) electrons. The molecule has 1 aromatic heterocycles. The molecule has 1 aliphatic heterocycles. The van der Waals surface area contributed by atoms with Gasteiger partial charge in [0.15, 0.2) is 0 Å². The molecule has 4 rings (SSSR count). The van der Waals surface area contributed by atoms with Gasteiger partial charge in [0.2, 0.25) is 0 Å². The third-order valence-corrected chi connectivity index (χ3v) is 6.42. The molecule has 0 atom stereocenters. The minimum Gasteiger partial charge on any atom is -0.370 e. The Morgan fingerprint density at radius 1 is 1.12 bits per heavy atom. The van der Waals surface area contributed by atoms with Crippen molar-refractivity contribution in [1.82, 2.24) is 0 Å². The van der Waals surface area contributed by atoms with Crippen LogP contribution in [0, 0.1) is 0 Å². The number of hydrogen-bond acceptors (Lipinski definition) is 3. The number of nitrogens with one attached hydrogen (secondary N) is 2. The Balaban J connectivity index is 1.59. The zero-order valence-electron chi connectivity index (χ0n) is 14.5. The minimum atomic E-state index is -0.00238. The summed E-state index contributed by atoms with van der Waals surface area (Å²) in [5, 5.41) is 4.28. The third kappa shape index (κ3) is 3.78. The number of ether oxygens (including phenoxy) is 1. The molecule has 1 aromatic carbocycles. The fourth-order valence-electron chi connectivity index (χ4n) is 3.77. The number of morpholine rings is 1. The normalized spacial score (nSPS) is 17.9. The number of amides is 1. The molecule has 0 bridgehead atoms. The van der Waals surface area contributed by atoms with Crippen molar-refractivity contribution >= 4 is 22.2 Å². The van der Waals surface area contributed by atoms with Crippen molar-refractivity contribution in [3.8, 4) is 0 Å². The number of thiophene rings is 1. The largest absolute Gasteiger partial charge is 0.370 e. The molecule has 1 amide bonds. The van der Waals surface area contributed by atoms with Gasteiger partial charge >= 0.3 is 0 Å². The van der Waals surface area contributed by atoms with Crippen LogP contribution in [0.2, 0.25) is 0 Å². The number of carbonyl (C=O) groups excluding carboxylic acids is 1. The first-order chi connectivity index (χ1) is 12.3. The van der Waals surface area contributed by atoms with Gasteiger partial charge in [-0.05, 0) is 43.4 Å². The highest BCUT2D eigenvalue weighted by molar-refractivity contribution is 7.16. The molecule has 5 heteroatoms. The molecular weight excluding hydrogens is 332 g/mol. The minimum absolute atomic E-state index is 0.00238. The predicted octanol–water partition coefficient (Wildman–Crippen LogP) is 2.29. The van der Waals surface area contributed by atoms with Crippen LogP contribution in [-0.2, 0) is 24.1 Å². The van der Waals surface area contributed by atoms with Crippen LogP contribution in [0.1, 0.15) is 39.2 Å². The summed E-state index contributed by atoms with van der Waals surface area (Å²) < 4.78 is 5.50. The summed E-state index contributed by atoms with van der Waals surface area (Å²) in [5.74, 6) is -0.00238. The van der Waals surface area contributed by atoms with Crippen LogP contribution in [0.25, 0.3) is 0 Å². The van der Waals surface area contributed by atoms with Crippen molar-refractivity contribution in [2.24, 2.45) is 0 Å². The van der Waals surface area contributed by atoms with E-state index >= 15 is 0 Å². The van der Waals surface area contributed by atoms with E-state index in [0.29, 0.717) is 0 Å². The van der Waals surface area contributed by atoms with Crippen molar-refractivity contribution in [1.29, 1.82) is 0 Å². The number of rotatable bonds is 4. The molecule has 2 heterocycles. The zero-order valence-corrected chi connectivity index (χ0v) is 15.3. The lowest BCUT2D eigenvalue weighted by Crippen LogP contribution is -3.12. The molecule has 25 heavy (non-hydrogen) atoms.